The molecule has 0 heterocycles. The van der Waals surface area contributed by atoms with Gasteiger partial charge in [0.2, 0.25) is 0 Å². The van der Waals surface area contributed by atoms with Crippen LogP contribution < -0.4 is 4.74 Å². The summed E-state index contributed by atoms with van der Waals surface area (Å²) in [4.78, 5) is 10.4. The van der Waals surface area contributed by atoms with E-state index < -0.39 is 24.3 Å². The molecule has 1 aromatic carbocycles. The summed E-state index contributed by atoms with van der Waals surface area (Å²) in [5.74, 6) is -1.44. The lowest BCUT2D eigenvalue weighted by atomic mass is 10.1. The molecule has 82 valence electrons. The highest BCUT2D eigenvalue weighted by atomic mass is 19.1. The van der Waals surface area contributed by atoms with E-state index in [-0.39, 0.29) is 11.3 Å². The van der Waals surface area contributed by atoms with Gasteiger partial charge in [0.1, 0.15) is 11.6 Å². The Hall–Kier alpha value is -1.62. The Labute approximate surface area is 85.9 Å². The molecule has 5 heteroatoms. The van der Waals surface area contributed by atoms with Crippen LogP contribution in [0.3, 0.4) is 0 Å². The van der Waals surface area contributed by atoms with Crippen molar-refractivity contribution in [3.63, 3.8) is 0 Å². The Bertz CT molecular complexity index is 364. The van der Waals surface area contributed by atoms with Gasteiger partial charge in [0.25, 0.3) is 0 Å². The lowest BCUT2D eigenvalue weighted by Crippen LogP contribution is -2.07. The Balaban J connectivity index is 2.99. The normalized spacial score (nSPS) is 12.2. The molecule has 0 aliphatic rings. The third-order valence-electron chi connectivity index (χ3n) is 1.92. The number of benzene rings is 1. The van der Waals surface area contributed by atoms with Gasteiger partial charge in [-0.1, -0.05) is 0 Å². The third-order valence-corrected chi connectivity index (χ3v) is 1.92. The first-order chi connectivity index (χ1) is 7.04. The number of methoxy groups -OCH3 is 1. The Morgan fingerprint density at radius 3 is 2.80 bits per heavy atom. The zero-order chi connectivity index (χ0) is 11.4. The highest BCUT2D eigenvalue weighted by molar-refractivity contribution is 5.68. The minimum Gasteiger partial charge on any atom is -0.496 e. The van der Waals surface area contributed by atoms with Crippen LogP contribution in [-0.2, 0) is 4.79 Å². The Kier molecular flexibility index (Phi) is 3.62. The van der Waals surface area contributed by atoms with Gasteiger partial charge in [-0.15, -0.1) is 0 Å². The number of aliphatic hydroxyl groups excluding tert-OH is 1. The fourth-order valence-electron chi connectivity index (χ4n) is 1.24. The van der Waals surface area contributed by atoms with Gasteiger partial charge in [-0.3, -0.25) is 4.79 Å². The molecule has 0 amide bonds. The number of carboxylic acids is 1. The number of halogens is 1. The molecule has 0 saturated heterocycles. The minimum atomic E-state index is -1.27. The van der Waals surface area contributed by atoms with Crippen molar-refractivity contribution in [1.29, 1.82) is 0 Å². The minimum absolute atomic E-state index is 0.139. The van der Waals surface area contributed by atoms with Gasteiger partial charge in [-0.2, -0.15) is 0 Å². The van der Waals surface area contributed by atoms with E-state index in [4.69, 9.17) is 9.84 Å². The molecule has 4 nitrogen and oxygen atoms in total. The fourth-order valence-corrected chi connectivity index (χ4v) is 1.24. The van der Waals surface area contributed by atoms with E-state index in [1.165, 1.54) is 19.2 Å². The van der Waals surface area contributed by atoms with Gasteiger partial charge in [0, 0.05) is 5.56 Å². The molecule has 0 fully saturated rings. The zero-order valence-electron chi connectivity index (χ0n) is 8.11. The number of aliphatic hydroxyl groups is 1. The number of carboxylic acid groups (broad SMARTS) is 1. The summed E-state index contributed by atoms with van der Waals surface area (Å²) in [6.07, 6.45) is -1.76. The third kappa shape index (κ3) is 2.92. The van der Waals surface area contributed by atoms with Crippen molar-refractivity contribution < 1.29 is 24.1 Å². The summed E-state index contributed by atoms with van der Waals surface area (Å²) in [7, 11) is 1.37. The summed E-state index contributed by atoms with van der Waals surface area (Å²) >= 11 is 0. The topological polar surface area (TPSA) is 66.8 Å². The first kappa shape index (κ1) is 11.5. The average Bonchev–Trinajstić information content (AvgIpc) is 2.16. The fraction of sp³-hybridized carbons (Fsp3) is 0.300. The van der Waals surface area contributed by atoms with E-state index in [1.807, 2.05) is 0 Å². The summed E-state index contributed by atoms with van der Waals surface area (Å²) in [6.45, 7) is 0. The molecular formula is C10H11FO4. The summed E-state index contributed by atoms with van der Waals surface area (Å²) < 4.78 is 17.8. The maximum Gasteiger partial charge on any atom is 0.306 e. The number of hydrogen-bond acceptors (Lipinski definition) is 3. The lowest BCUT2D eigenvalue weighted by molar-refractivity contribution is -0.139. The van der Waals surface area contributed by atoms with E-state index in [9.17, 15) is 14.3 Å². The average molecular weight is 214 g/mol. The maximum atomic E-state index is 12.9. The van der Waals surface area contributed by atoms with Gasteiger partial charge in [0.15, 0.2) is 0 Å². The molecule has 0 aliphatic carbocycles. The first-order valence-electron chi connectivity index (χ1n) is 4.28. The van der Waals surface area contributed by atoms with Crippen LogP contribution >= 0.6 is 0 Å². The Morgan fingerprint density at radius 2 is 2.27 bits per heavy atom. The Morgan fingerprint density at radius 1 is 1.60 bits per heavy atom. The molecule has 1 aromatic rings. The van der Waals surface area contributed by atoms with Crippen molar-refractivity contribution in [3.8, 4) is 5.75 Å². The maximum absolute atomic E-state index is 12.9. The number of carbonyl (C=O) groups is 1. The lowest BCUT2D eigenvalue weighted by Gasteiger charge is -2.12. The van der Waals surface area contributed by atoms with Crippen LogP contribution in [0.15, 0.2) is 18.2 Å². The molecule has 1 atom stereocenters. The molecule has 15 heavy (non-hydrogen) atoms. The van der Waals surface area contributed by atoms with Crippen molar-refractivity contribution in [2.75, 3.05) is 7.11 Å². The molecule has 0 radical (unpaired) electrons. The zero-order valence-corrected chi connectivity index (χ0v) is 8.11. The predicted molar refractivity (Wildman–Crippen MR) is 50.2 cm³/mol. The molecule has 0 aliphatic heterocycles. The first-order valence-corrected chi connectivity index (χ1v) is 4.28. The van der Waals surface area contributed by atoms with E-state index >= 15 is 0 Å². The smallest absolute Gasteiger partial charge is 0.306 e. The van der Waals surface area contributed by atoms with Crippen LogP contribution in [0, 0.1) is 5.82 Å². The molecular weight excluding hydrogens is 203 g/mol. The van der Waals surface area contributed by atoms with Crippen LogP contribution in [0.2, 0.25) is 0 Å². The molecule has 0 spiro atoms. The van der Waals surface area contributed by atoms with Crippen molar-refractivity contribution in [2.24, 2.45) is 0 Å². The quantitative estimate of drug-likeness (QED) is 0.793. The summed E-state index contributed by atoms with van der Waals surface area (Å²) in [5, 5.41) is 18.0. The van der Waals surface area contributed by atoms with Crippen LogP contribution in [0.5, 0.6) is 5.75 Å². The van der Waals surface area contributed by atoms with Gasteiger partial charge < -0.3 is 14.9 Å². The standard InChI is InChI=1S/C10H11FO4/c1-15-9-3-2-6(11)4-7(9)8(12)5-10(13)14/h2-4,8,12H,5H2,1H3,(H,13,14). The molecule has 0 bridgehead atoms. The highest BCUT2D eigenvalue weighted by Crippen LogP contribution is 2.27. The molecule has 2 N–H and O–H groups in total. The second kappa shape index (κ2) is 4.75. The van der Waals surface area contributed by atoms with Crippen LogP contribution in [0.25, 0.3) is 0 Å². The molecule has 1 rings (SSSR count). The number of ether oxygens (including phenoxy) is 1. The second-order valence-corrected chi connectivity index (χ2v) is 3.00. The largest absolute Gasteiger partial charge is 0.496 e. The van der Waals surface area contributed by atoms with E-state index in [2.05, 4.69) is 0 Å². The van der Waals surface area contributed by atoms with Crippen molar-refractivity contribution >= 4 is 5.97 Å². The van der Waals surface area contributed by atoms with Gasteiger partial charge in [0.05, 0.1) is 19.6 Å². The van der Waals surface area contributed by atoms with Crippen LogP contribution in [-0.4, -0.2) is 23.3 Å². The number of rotatable bonds is 4. The highest BCUT2D eigenvalue weighted by Gasteiger charge is 2.17. The molecule has 1 unspecified atom stereocenters. The van der Waals surface area contributed by atoms with Crippen molar-refractivity contribution in [2.45, 2.75) is 12.5 Å². The van der Waals surface area contributed by atoms with E-state index in [1.54, 1.807) is 0 Å². The van der Waals surface area contributed by atoms with Crippen molar-refractivity contribution in [1.82, 2.24) is 0 Å². The second-order valence-electron chi connectivity index (χ2n) is 3.00. The predicted octanol–water partition coefficient (Wildman–Crippen LogP) is 1.34. The van der Waals surface area contributed by atoms with Crippen molar-refractivity contribution in [3.05, 3.63) is 29.6 Å². The summed E-state index contributed by atoms with van der Waals surface area (Å²) in [5.41, 5.74) is 0.139. The SMILES string of the molecule is COc1ccc(F)cc1C(O)CC(=O)O. The molecule has 0 saturated carbocycles. The van der Waals surface area contributed by atoms with Crippen LogP contribution in [0.1, 0.15) is 18.1 Å². The number of hydrogen-bond donors (Lipinski definition) is 2. The number of aliphatic carboxylic acids is 1. The summed E-state index contributed by atoms with van der Waals surface area (Å²) in [6, 6.07) is 3.58. The monoisotopic (exact) mass is 214 g/mol. The van der Waals surface area contributed by atoms with Gasteiger partial charge >= 0.3 is 5.97 Å². The van der Waals surface area contributed by atoms with Gasteiger partial charge in [-0.05, 0) is 18.2 Å². The molecule has 0 aromatic heterocycles. The van der Waals surface area contributed by atoms with E-state index in [0.717, 1.165) is 6.07 Å². The van der Waals surface area contributed by atoms with Crippen LogP contribution in [0.4, 0.5) is 4.39 Å². The van der Waals surface area contributed by atoms with Gasteiger partial charge in [-0.25, -0.2) is 4.39 Å². The van der Waals surface area contributed by atoms with E-state index in [0.29, 0.717) is 0 Å².